The van der Waals surface area contributed by atoms with Gasteiger partial charge >= 0.3 is 0 Å². The van der Waals surface area contributed by atoms with Gasteiger partial charge in [-0.25, -0.2) is 8.78 Å². The number of rotatable bonds is 7. The van der Waals surface area contributed by atoms with Crippen molar-refractivity contribution >= 4 is 11.6 Å². The summed E-state index contributed by atoms with van der Waals surface area (Å²) in [7, 11) is 1.57. The van der Waals surface area contributed by atoms with E-state index < -0.39 is 16.6 Å². The van der Waals surface area contributed by atoms with Crippen molar-refractivity contribution in [2.24, 2.45) is 4.99 Å². The maximum Gasteiger partial charge on any atom is 0.269 e. The van der Waals surface area contributed by atoms with Crippen molar-refractivity contribution in [3.63, 3.8) is 0 Å². The lowest BCUT2D eigenvalue weighted by atomic mass is 10.2. The number of halogens is 2. The van der Waals surface area contributed by atoms with Crippen molar-refractivity contribution in [1.82, 2.24) is 10.6 Å². The Balaban J connectivity index is 1.77. The molecule has 9 heteroatoms. The van der Waals surface area contributed by atoms with Gasteiger partial charge in [0.05, 0.1) is 11.5 Å². The summed E-state index contributed by atoms with van der Waals surface area (Å²) in [4.78, 5) is 14.3. The number of non-ortho nitro benzene ring substituents is 1. The fourth-order valence-electron chi connectivity index (χ4n) is 2.11. The van der Waals surface area contributed by atoms with Gasteiger partial charge in [0.25, 0.3) is 5.69 Å². The van der Waals surface area contributed by atoms with Crippen LogP contribution >= 0.6 is 0 Å². The average Bonchev–Trinajstić information content (AvgIpc) is 2.62. The van der Waals surface area contributed by atoms with Crippen LogP contribution in [0.4, 0.5) is 14.5 Å². The van der Waals surface area contributed by atoms with Gasteiger partial charge in [-0.15, -0.1) is 0 Å². The molecule has 0 heterocycles. The van der Waals surface area contributed by atoms with E-state index in [9.17, 15) is 18.9 Å². The van der Waals surface area contributed by atoms with Gasteiger partial charge in [0, 0.05) is 31.8 Å². The molecule has 0 radical (unpaired) electrons. The van der Waals surface area contributed by atoms with Gasteiger partial charge in [-0.1, -0.05) is 12.1 Å². The Hall–Kier alpha value is -3.23. The molecule has 0 bridgehead atoms. The highest BCUT2D eigenvalue weighted by Gasteiger charge is 2.07. The molecule has 7 nitrogen and oxygen atoms in total. The van der Waals surface area contributed by atoms with Crippen LogP contribution < -0.4 is 15.4 Å². The SMILES string of the molecule is CN=C(NCCOc1ccc(F)cc1F)NCc1cccc([N+](=O)[O-])c1. The predicted octanol–water partition coefficient (Wildman–Crippen LogP) is 2.62. The molecule has 0 saturated carbocycles. The molecule has 0 aliphatic heterocycles. The molecule has 0 aromatic heterocycles. The van der Waals surface area contributed by atoms with Gasteiger partial charge in [0.1, 0.15) is 12.4 Å². The first-order valence-corrected chi connectivity index (χ1v) is 7.75. The molecule has 0 unspecified atom stereocenters. The summed E-state index contributed by atoms with van der Waals surface area (Å²) in [5.74, 6) is -1.01. The van der Waals surface area contributed by atoms with Crippen LogP contribution in [0.2, 0.25) is 0 Å². The number of hydrogen-bond acceptors (Lipinski definition) is 4. The summed E-state index contributed by atoms with van der Waals surface area (Å²) in [6, 6.07) is 9.35. The van der Waals surface area contributed by atoms with E-state index in [2.05, 4.69) is 15.6 Å². The summed E-state index contributed by atoms with van der Waals surface area (Å²) in [5, 5.41) is 16.7. The molecule has 0 amide bonds. The lowest BCUT2D eigenvalue weighted by Crippen LogP contribution is -2.38. The first kappa shape index (κ1) is 19.1. The highest BCUT2D eigenvalue weighted by Crippen LogP contribution is 2.17. The second kappa shape index (κ2) is 9.30. The van der Waals surface area contributed by atoms with E-state index in [4.69, 9.17) is 4.74 Å². The zero-order chi connectivity index (χ0) is 18.9. The molecule has 0 atom stereocenters. The van der Waals surface area contributed by atoms with E-state index in [0.29, 0.717) is 19.0 Å². The van der Waals surface area contributed by atoms with E-state index in [-0.39, 0.29) is 18.0 Å². The zero-order valence-corrected chi connectivity index (χ0v) is 14.0. The molecule has 0 saturated heterocycles. The molecule has 2 aromatic carbocycles. The number of hydrogen-bond donors (Lipinski definition) is 2. The number of ether oxygens (including phenoxy) is 1. The fourth-order valence-corrected chi connectivity index (χ4v) is 2.11. The number of nitro groups is 1. The summed E-state index contributed by atoms with van der Waals surface area (Å²) < 4.78 is 31.5. The van der Waals surface area contributed by atoms with Crippen LogP contribution in [0.1, 0.15) is 5.56 Å². The van der Waals surface area contributed by atoms with Gasteiger partial charge in [-0.2, -0.15) is 0 Å². The van der Waals surface area contributed by atoms with Gasteiger partial charge in [-0.3, -0.25) is 15.1 Å². The van der Waals surface area contributed by atoms with Crippen LogP contribution in [0, 0.1) is 21.7 Å². The largest absolute Gasteiger partial charge is 0.489 e. The highest BCUT2D eigenvalue weighted by atomic mass is 19.1. The minimum absolute atomic E-state index is 0.0157. The molecular weight excluding hydrogens is 346 g/mol. The Bertz CT molecular complexity index is 799. The van der Waals surface area contributed by atoms with Crippen LogP contribution in [0.25, 0.3) is 0 Å². The van der Waals surface area contributed by atoms with Gasteiger partial charge < -0.3 is 15.4 Å². The van der Waals surface area contributed by atoms with E-state index in [1.165, 1.54) is 18.2 Å². The van der Waals surface area contributed by atoms with Crippen molar-refractivity contribution < 1.29 is 18.4 Å². The highest BCUT2D eigenvalue weighted by molar-refractivity contribution is 5.79. The van der Waals surface area contributed by atoms with Crippen LogP contribution in [0.3, 0.4) is 0 Å². The number of nitro benzene ring substituents is 1. The van der Waals surface area contributed by atoms with Gasteiger partial charge in [-0.05, 0) is 17.7 Å². The minimum atomic E-state index is -0.766. The summed E-state index contributed by atoms with van der Waals surface area (Å²) >= 11 is 0. The Morgan fingerprint density at radius 1 is 1.23 bits per heavy atom. The lowest BCUT2D eigenvalue weighted by molar-refractivity contribution is -0.384. The van der Waals surface area contributed by atoms with E-state index in [1.807, 2.05) is 0 Å². The van der Waals surface area contributed by atoms with Crippen LogP contribution in [-0.4, -0.2) is 31.1 Å². The molecule has 2 rings (SSSR count). The van der Waals surface area contributed by atoms with Crippen molar-refractivity contribution in [2.45, 2.75) is 6.54 Å². The van der Waals surface area contributed by atoms with Gasteiger partial charge in [0.15, 0.2) is 17.5 Å². The van der Waals surface area contributed by atoms with Gasteiger partial charge in [0.2, 0.25) is 0 Å². The molecular formula is C17H18F2N4O3. The summed E-state index contributed by atoms with van der Waals surface area (Å²) in [6.45, 7) is 0.806. The molecule has 0 aliphatic rings. The maximum absolute atomic E-state index is 13.4. The standard InChI is InChI=1S/C17H18F2N4O3/c1-20-17(22-11-12-3-2-4-14(9-12)23(24)25)21-7-8-26-16-6-5-13(18)10-15(16)19/h2-6,9-10H,7-8,11H2,1H3,(H2,20,21,22). The smallest absolute Gasteiger partial charge is 0.269 e. The Morgan fingerprint density at radius 3 is 2.73 bits per heavy atom. The molecule has 2 aromatic rings. The first-order valence-electron chi connectivity index (χ1n) is 7.75. The number of nitrogens with zero attached hydrogens (tertiary/aromatic N) is 2. The van der Waals surface area contributed by atoms with Crippen LogP contribution in [-0.2, 0) is 6.54 Å². The van der Waals surface area contributed by atoms with E-state index >= 15 is 0 Å². The second-order valence-electron chi connectivity index (χ2n) is 5.20. The Morgan fingerprint density at radius 2 is 2.04 bits per heavy atom. The topological polar surface area (TPSA) is 88.8 Å². The normalized spacial score (nSPS) is 11.1. The maximum atomic E-state index is 13.4. The molecule has 0 aliphatic carbocycles. The van der Waals surface area contributed by atoms with Crippen LogP contribution in [0.15, 0.2) is 47.5 Å². The number of benzene rings is 2. The zero-order valence-electron chi connectivity index (χ0n) is 14.0. The first-order chi connectivity index (χ1) is 12.5. The Labute approximate surface area is 148 Å². The predicted molar refractivity (Wildman–Crippen MR) is 93.2 cm³/mol. The average molecular weight is 364 g/mol. The molecule has 0 fully saturated rings. The fraction of sp³-hybridized carbons (Fsp3) is 0.235. The van der Waals surface area contributed by atoms with Crippen molar-refractivity contribution in [1.29, 1.82) is 0 Å². The monoisotopic (exact) mass is 364 g/mol. The summed E-state index contributed by atoms with van der Waals surface area (Å²) in [6.07, 6.45) is 0. The van der Waals surface area contributed by atoms with E-state index in [1.54, 1.807) is 19.2 Å². The third-order valence-electron chi connectivity index (χ3n) is 3.35. The molecule has 0 spiro atoms. The van der Waals surface area contributed by atoms with Crippen molar-refractivity contribution in [3.05, 3.63) is 69.8 Å². The molecule has 26 heavy (non-hydrogen) atoms. The lowest BCUT2D eigenvalue weighted by Gasteiger charge is -2.13. The quantitative estimate of drug-likeness (QED) is 0.259. The Kier molecular flexibility index (Phi) is 6.84. The third kappa shape index (κ3) is 5.69. The van der Waals surface area contributed by atoms with Crippen molar-refractivity contribution in [3.8, 4) is 5.75 Å². The molecule has 2 N–H and O–H groups in total. The third-order valence-corrected chi connectivity index (χ3v) is 3.35. The number of aliphatic imine (C=N–C) groups is 1. The minimum Gasteiger partial charge on any atom is -0.489 e. The number of guanidine groups is 1. The van der Waals surface area contributed by atoms with Crippen molar-refractivity contribution in [2.75, 3.05) is 20.2 Å². The second-order valence-corrected chi connectivity index (χ2v) is 5.20. The van der Waals surface area contributed by atoms with Crippen LogP contribution in [0.5, 0.6) is 5.75 Å². The van der Waals surface area contributed by atoms with E-state index in [0.717, 1.165) is 17.7 Å². The molecule has 138 valence electrons. The number of nitrogens with one attached hydrogen (secondary N) is 2. The summed E-state index contributed by atoms with van der Waals surface area (Å²) in [5.41, 5.74) is 0.744.